The lowest BCUT2D eigenvalue weighted by Gasteiger charge is -2.40. The van der Waals surface area contributed by atoms with E-state index in [-0.39, 0.29) is 5.92 Å². The van der Waals surface area contributed by atoms with E-state index in [1.54, 1.807) is 12.1 Å². The van der Waals surface area contributed by atoms with Crippen LogP contribution in [0.15, 0.2) is 54.6 Å². The molecule has 4 rings (SSSR count). The Bertz CT molecular complexity index is 1160. The first-order chi connectivity index (χ1) is 14.1. The van der Waals surface area contributed by atoms with Crippen molar-refractivity contribution < 1.29 is 9.90 Å². The summed E-state index contributed by atoms with van der Waals surface area (Å²) in [7, 11) is 2.29. The summed E-state index contributed by atoms with van der Waals surface area (Å²) in [4.78, 5) is 13.6. The van der Waals surface area contributed by atoms with Crippen LogP contribution in [0.1, 0.15) is 44.1 Å². The number of aromatic carboxylic acids is 1. The van der Waals surface area contributed by atoms with Gasteiger partial charge in [0.25, 0.3) is 0 Å². The topological polar surface area (TPSA) is 40.5 Å². The van der Waals surface area contributed by atoms with Crippen molar-refractivity contribution in [2.75, 3.05) is 19.0 Å². The number of carbonyl (C=O) groups is 1. The zero-order valence-corrected chi connectivity index (χ0v) is 19.6. The van der Waals surface area contributed by atoms with Crippen LogP contribution in [0.4, 0.5) is 5.69 Å². The summed E-state index contributed by atoms with van der Waals surface area (Å²) in [5, 5.41) is 12.4. The molecule has 30 heavy (non-hydrogen) atoms. The number of rotatable bonds is 3. The van der Waals surface area contributed by atoms with Crippen LogP contribution in [0.25, 0.3) is 0 Å². The molecule has 0 bridgehead atoms. The second-order valence-electron chi connectivity index (χ2n) is 9.19. The van der Waals surface area contributed by atoms with Gasteiger partial charge in [0.1, 0.15) is 8.07 Å². The highest BCUT2D eigenvalue weighted by Crippen LogP contribution is 2.38. The molecule has 0 aliphatic carbocycles. The molecule has 1 heterocycles. The Hall–Kier alpha value is -2.85. The van der Waals surface area contributed by atoms with Crippen LogP contribution in [-0.4, -0.2) is 33.2 Å². The standard InChI is InChI=1S/C26H29NO2Si/c1-16-7-10-21-23(13-16)30(5,6)24-15-19(27(3)4)9-12-22(24)25(21)20-11-8-18(26(28)29)14-17(20)2/h7-15,25H,1-6H3,(H,28,29). The normalized spacial score (nSPS) is 16.5. The Morgan fingerprint density at radius 2 is 1.47 bits per heavy atom. The SMILES string of the molecule is Cc1ccc2c(c1)[Si](C)(C)c1cc(N(C)C)ccc1C2c1ccc(C(=O)O)cc1C. The molecule has 1 aliphatic rings. The van der Waals surface area contributed by atoms with Crippen LogP contribution in [-0.2, 0) is 0 Å². The van der Waals surface area contributed by atoms with Gasteiger partial charge in [0.2, 0.25) is 0 Å². The fourth-order valence-corrected chi connectivity index (χ4v) is 8.14. The van der Waals surface area contributed by atoms with Crippen LogP contribution in [0.3, 0.4) is 0 Å². The summed E-state index contributed by atoms with van der Waals surface area (Å²) in [5.41, 5.74) is 7.80. The number of hydrogen-bond acceptors (Lipinski definition) is 2. The number of fused-ring (bicyclic) bond motifs is 2. The Balaban J connectivity index is 2.02. The van der Waals surface area contributed by atoms with Gasteiger partial charge in [0, 0.05) is 25.7 Å². The van der Waals surface area contributed by atoms with Crippen molar-refractivity contribution in [1.29, 1.82) is 0 Å². The molecule has 0 saturated carbocycles. The highest BCUT2D eigenvalue weighted by molar-refractivity contribution is 7.01. The minimum atomic E-state index is -1.88. The fraction of sp³-hybridized carbons (Fsp3) is 0.269. The zero-order chi connectivity index (χ0) is 21.8. The van der Waals surface area contributed by atoms with Gasteiger partial charge in [-0.25, -0.2) is 4.79 Å². The number of aryl methyl sites for hydroxylation is 2. The molecule has 0 saturated heterocycles. The van der Waals surface area contributed by atoms with E-state index < -0.39 is 14.0 Å². The quantitative estimate of drug-likeness (QED) is 0.645. The summed E-state index contributed by atoms with van der Waals surface area (Å²) < 4.78 is 0. The third-order valence-electron chi connectivity index (χ3n) is 6.56. The highest BCUT2D eigenvalue weighted by atomic mass is 28.3. The Kier molecular flexibility index (Phi) is 4.86. The monoisotopic (exact) mass is 415 g/mol. The number of benzene rings is 3. The Morgan fingerprint density at radius 3 is 2.07 bits per heavy atom. The van der Waals surface area contributed by atoms with Crippen molar-refractivity contribution in [3.8, 4) is 0 Å². The van der Waals surface area contributed by atoms with Crippen molar-refractivity contribution in [2.24, 2.45) is 0 Å². The predicted molar refractivity (Wildman–Crippen MR) is 128 cm³/mol. The molecule has 0 fully saturated rings. The van der Waals surface area contributed by atoms with E-state index in [2.05, 4.69) is 75.4 Å². The van der Waals surface area contributed by atoms with Crippen LogP contribution in [0.5, 0.6) is 0 Å². The minimum Gasteiger partial charge on any atom is -0.478 e. The maximum Gasteiger partial charge on any atom is 0.335 e. The van der Waals surface area contributed by atoms with Gasteiger partial charge in [-0.3, -0.25) is 0 Å². The smallest absolute Gasteiger partial charge is 0.335 e. The maximum absolute atomic E-state index is 11.5. The zero-order valence-electron chi connectivity index (χ0n) is 18.6. The molecule has 0 spiro atoms. The van der Waals surface area contributed by atoms with Gasteiger partial charge >= 0.3 is 5.97 Å². The Labute approximate surface area is 180 Å². The first kappa shape index (κ1) is 20.4. The molecule has 0 amide bonds. The first-order valence-corrected chi connectivity index (χ1v) is 13.4. The second-order valence-corrected chi connectivity index (χ2v) is 13.5. The molecule has 0 aromatic heterocycles. The lowest BCUT2D eigenvalue weighted by Crippen LogP contribution is -2.59. The van der Waals surface area contributed by atoms with Gasteiger partial charge in [-0.15, -0.1) is 0 Å². The number of anilines is 1. The summed E-state index contributed by atoms with van der Waals surface area (Å²) >= 11 is 0. The average Bonchev–Trinajstić information content (AvgIpc) is 2.69. The molecule has 154 valence electrons. The van der Waals surface area contributed by atoms with E-state index in [0.717, 1.165) is 5.56 Å². The first-order valence-electron chi connectivity index (χ1n) is 10.4. The second kappa shape index (κ2) is 7.13. The molecule has 1 atom stereocenters. The minimum absolute atomic E-state index is 0.121. The number of carboxylic acids is 1. The molecule has 3 aromatic carbocycles. The molecule has 1 aliphatic heterocycles. The largest absolute Gasteiger partial charge is 0.478 e. The van der Waals surface area contributed by atoms with Gasteiger partial charge in [-0.1, -0.05) is 54.2 Å². The number of hydrogen-bond donors (Lipinski definition) is 1. The van der Waals surface area contributed by atoms with Gasteiger partial charge in [-0.05, 0) is 65.6 Å². The summed E-state index contributed by atoms with van der Waals surface area (Å²) in [6, 6.07) is 19.3. The summed E-state index contributed by atoms with van der Waals surface area (Å²) in [6.07, 6.45) is 0. The summed E-state index contributed by atoms with van der Waals surface area (Å²) in [5.74, 6) is -0.760. The van der Waals surface area contributed by atoms with Crippen LogP contribution >= 0.6 is 0 Å². The van der Waals surface area contributed by atoms with E-state index in [0.29, 0.717) is 5.56 Å². The van der Waals surface area contributed by atoms with Gasteiger partial charge in [0.15, 0.2) is 0 Å². The van der Waals surface area contributed by atoms with E-state index in [1.165, 1.54) is 38.3 Å². The lowest BCUT2D eigenvalue weighted by atomic mass is 9.81. The fourth-order valence-electron chi connectivity index (χ4n) is 4.86. The van der Waals surface area contributed by atoms with Gasteiger partial charge < -0.3 is 10.0 Å². The van der Waals surface area contributed by atoms with E-state index in [4.69, 9.17) is 0 Å². The van der Waals surface area contributed by atoms with Gasteiger partial charge in [0.05, 0.1) is 5.56 Å². The van der Waals surface area contributed by atoms with E-state index in [9.17, 15) is 9.90 Å². The molecule has 1 N–H and O–H groups in total. The van der Waals surface area contributed by atoms with E-state index >= 15 is 0 Å². The van der Waals surface area contributed by atoms with Crippen molar-refractivity contribution in [3.63, 3.8) is 0 Å². The van der Waals surface area contributed by atoms with Crippen molar-refractivity contribution in [2.45, 2.75) is 32.9 Å². The average molecular weight is 416 g/mol. The third kappa shape index (κ3) is 3.16. The number of nitrogens with zero attached hydrogens (tertiary/aromatic N) is 1. The van der Waals surface area contributed by atoms with Crippen LogP contribution < -0.4 is 15.3 Å². The Morgan fingerprint density at radius 1 is 0.867 bits per heavy atom. The maximum atomic E-state index is 11.5. The van der Waals surface area contributed by atoms with Crippen LogP contribution in [0, 0.1) is 13.8 Å². The molecule has 4 heteroatoms. The van der Waals surface area contributed by atoms with Crippen LogP contribution in [0.2, 0.25) is 13.1 Å². The van der Waals surface area contributed by atoms with Crippen molar-refractivity contribution in [3.05, 3.63) is 88.0 Å². The molecule has 1 unspecified atom stereocenters. The molecule has 0 radical (unpaired) electrons. The third-order valence-corrected chi connectivity index (χ3v) is 10.1. The highest BCUT2D eigenvalue weighted by Gasteiger charge is 2.40. The molecular formula is C26H29NO2Si. The lowest BCUT2D eigenvalue weighted by molar-refractivity contribution is 0.0696. The molecule has 3 nitrogen and oxygen atoms in total. The summed E-state index contributed by atoms with van der Waals surface area (Å²) in [6.45, 7) is 9.08. The van der Waals surface area contributed by atoms with Gasteiger partial charge in [-0.2, -0.15) is 0 Å². The van der Waals surface area contributed by atoms with Crippen molar-refractivity contribution >= 4 is 30.1 Å². The predicted octanol–water partition coefficient (Wildman–Crippen LogP) is 4.38. The number of carboxylic acid groups (broad SMARTS) is 1. The molecule has 3 aromatic rings. The molecular weight excluding hydrogens is 386 g/mol. The van der Waals surface area contributed by atoms with Crippen molar-refractivity contribution in [1.82, 2.24) is 0 Å². The van der Waals surface area contributed by atoms with E-state index in [1.807, 2.05) is 13.0 Å².